The molecule has 0 bridgehead atoms. The number of aryl methyl sites for hydroxylation is 3. The van der Waals surface area contributed by atoms with E-state index < -0.39 is 0 Å². The second-order valence-corrected chi connectivity index (χ2v) is 4.91. The predicted octanol–water partition coefficient (Wildman–Crippen LogP) is 4.10. The lowest BCUT2D eigenvalue weighted by atomic mass is 10.1. The third-order valence-corrected chi connectivity index (χ3v) is 3.42. The average molecular weight is 250 g/mol. The molecule has 0 aliphatic rings. The maximum Gasteiger partial charge on any atom is 0.0992 e. The minimum absolute atomic E-state index is 0.688. The van der Waals surface area contributed by atoms with Crippen molar-refractivity contribution in [2.75, 3.05) is 5.32 Å². The Kier molecular flexibility index (Phi) is 3.87. The molecule has 1 N–H and O–H groups in total. The van der Waals surface area contributed by atoms with Gasteiger partial charge in [0, 0.05) is 12.2 Å². The van der Waals surface area contributed by atoms with Crippen LogP contribution in [-0.4, -0.2) is 0 Å². The summed E-state index contributed by atoms with van der Waals surface area (Å²) in [6.45, 7) is 7.06. The summed E-state index contributed by atoms with van der Waals surface area (Å²) in [7, 11) is 0. The Morgan fingerprint density at radius 3 is 2.37 bits per heavy atom. The van der Waals surface area contributed by atoms with Gasteiger partial charge in [-0.3, -0.25) is 0 Å². The molecule has 2 aromatic rings. The maximum absolute atomic E-state index is 8.93. The highest BCUT2D eigenvalue weighted by Crippen LogP contribution is 2.18. The first-order valence-corrected chi connectivity index (χ1v) is 6.41. The second-order valence-electron chi connectivity index (χ2n) is 4.91. The van der Waals surface area contributed by atoms with Crippen LogP contribution in [0.25, 0.3) is 0 Å². The topological polar surface area (TPSA) is 35.8 Å². The number of anilines is 1. The van der Waals surface area contributed by atoms with E-state index in [-0.39, 0.29) is 0 Å². The number of nitriles is 1. The molecule has 0 radical (unpaired) electrons. The summed E-state index contributed by atoms with van der Waals surface area (Å²) in [5.74, 6) is 0. The van der Waals surface area contributed by atoms with Crippen LogP contribution in [0.1, 0.15) is 27.8 Å². The highest BCUT2D eigenvalue weighted by atomic mass is 14.9. The molecule has 2 aromatic carbocycles. The molecule has 0 aromatic heterocycles. The van der Waals surface area contributed by atoms with Gasteiger partial charge in [-0.05, 0) is 55.2 Å². The molecule has 19 heavy (non-hydrogen) atoms. The smallest absolute Gasteiger partial charge is 0.0992 e. The zero-order chi connectivity index (χ0) is 13.8. The van der Waals surface area contributed by atoms with Crippen molar-refractivity contribution in [2.45, 2.75) is 27.3 Å². The third-order valence-electron chi connectivity index (χ3n) is 3.42. The normalized spacial score (nSPS) is 10.0. The molecule has 0 spiro atoms. The predicted molar refractivity (Wildman–Crippen MR) is 79.1 cm³/mol. The second kappa shape index (κ2) is 5.58. The highest BCUT2D eigenvalue weighted by Gasteiger charge is 2.01. The van der Waals surface area contributed by atoms with E-state index in [0.717, 1.165) is 17.8 Å². The number of hydrogen-bond acceptors (Lipinski definition) is 2. The van der Waals surface area contributed by atoms with Gasteiger partial charge in [0.25, 0.3) is 0 Å². The van der Waals surface area contributed by atoms with E-state index >= 15 is 0 Å². The molecule has 0 amide bonds. The minimum atomic E-state index is 0.688. The largest absolute Gasteiger partial charge is 0.381 e. The Balaban J connectivity index is 2.14. The Morgan fingerprint density at radius 1 is 0.947 bits per heavy atom. The van der Waals surface area contributed by atoms with Crippen LogP contribution in [0.5, 0.6) is 0 Å². The van der Waals surface area contributed by atoms with Gasteiger partial charge in [0.1, 0.15) is 0 Å². The molecule has 0 aliphatic carbocycles. The van der Waals surface area contributed by atoms with E-state index in [4.69, 9.17) is 5.26 Å². The summed E-state index contributed by atoms with van der Waals surface area (Å²) < 4.78 is 0. The van der Waals surface area contributed by atoms with Crippen molar-refractivity contribution in [2.24, 2.45) is 0 Å². The Bertz CT molecular complexity index is 636. The Morgan fingerprint density at radius 2 is 1.68 bits per heavy atom. The van der Waals surface area contributed by atoms with Gasteiger partial charge in [-0.15, -0.1) is 0 Å². The van der Waals surface area contributed by atoms with E-state index in [9.17, 15) is 0 Å². The number of nitrogens with one attached hydrogen (secondary N) is 1. The number of rotatable bonds is 3. The summed E-state index contributed by atoms with van der Waals surface area (Å²) >= 11 is 0. The molecule has 0 unspecified atom stereocenters. The van der Waals surface area contributed by atoms with Gasteiger partial charge < -0.3 is 5.32 Å². The van der Waals surface area contributed by atoms with Gasteiger partial charge in [0.2, 0.25) is 0 Å². The lowest BCUT2D eigenvalue weighted by Crippen LogP contribution is -2.02. The van der Waals surface area contributed by atoms with Crippen LogP contribution in [-0.2, 0) is 6.54 Å². The molecule has 0 fully saturated rings. The summed E-state index contributed by atoms with van der Waals surface area (Å²) in [6, 6.07) is 14.4. The van der Waals surface area contributed by atoms with Crippen LogP contribution < -0.4 is 5.32 Å². The SMILES string of the molecule is Cc1ccc(CNc2cc(C#N)ccc2C)cc1C. The fourth-order valence-corrected chi connectivity index (χ4v) is 1.99. The fraction of sp³-hybridized carbons (Fsp3) is 0.235. The molecular formula is C17H18N2. The van der Waals surface area contributed by atoms with Crippen molar-refractivity contribution in [3.63, 3.8) is 0 Å². The molecule has 2 rings (SSSR count). The van der Waals surface area contributed by atoms with Crippen LogP contribution in [0.15, 0.2) is 36.4 Å². The van der Waals surface area contributed by atoms with E-state index in [0.29, 0.717) is 5.56 Å². The standard InChI is InChI=1S/C17H18N2/c1-12-4-7-16(8-14(12)3)11-19-17-9-15(10-18)6-5-13(17)2/h4-9,19H,11H2,1-3H3. The van der Waals surface area contributed by atoms with Crippen molar-refractivity contribution in [1.29, 1.82) is 5.26 Å². The summed E-state index contributed by atoms with van der Waals surface area (Å²) in [5.41, 5.74) is 6.74. The van der Waals surface area contributed by atoms with Gasteiger partial charge in [-0.25, -0.2) is 0 Å². The van der Waals surface area contributed by atoms with Crippen LogP contribution in [0.2, 0.25) is 0 Å². The average Bonchev–Trinajstić information content (AvgIpc) is 2.41. The van der Waals surface area contributed by atoms with E-state index in [1.165, 1.54) is 16.7 Å². The molecule has 2 heteroatoms. The van der Waals surface area contributed by atoms with Crippen LogP contribution >= 0.6 is 0 Å². The van der Waals surface area contributed by atoms with Crippen molar-refractivity contribution >= 4 is 5.69 Å². The van der Waals surface area contributed by atoms with Crippen LogP contribution in [0.3, 0.4) is 0 Å². The fourth-order valence-electron chi connectivity index (χ4n) is 1.99. The maximum atomic E-state index is 8.93. The summed E-state index contributed by atoms with van der Waals surface area (Å²) in [5, 5.41) is 12.3. The van der Waals surface area contributed by atoms with Gasteiger partial charge in [-0.2, -0.15) is 5.26 Å². The van der Waals surface area contributed by atoms with Crippen LogP contribution in [0, 0.1) is 32.1 Å². The monoisotopic (exact) mass is 250 g/mol. The van der Waals surface area contributed by atoms with E-state index in [1.807, 2.05) is 25.1 Å². The molecular weight excluding hydrogens is 232 g/mol. The van der Waals surface area contributed by atoms with E-state index in [2.05, 4.69) is 43.4 Å². The quantitative estimate of drug-likeness (QED) is 0.890. The molecule has 2 nitrogen and oxygen atoms in total. The van der Waals surface area contributed by atoms with Crippen molar-refractivity contribution in [3.8, 4) is 6.07 Å². The van der Waals surface area contributed by atoms with E-state index in [1.54, 1.807) is 0 Å². The summed E-state index contributed by atoms with van der Waals surface area (Å²) in [4.78, 5) is 0. The number of hydrogen-bond donors (Lipinski definition) is 1. The van der Waals surface area contributed by atoms with Crippen molar-refractivity contribution in [1.82, 2.24) is 0 Å². The molecule has 0 heterocycles. The van der Waals surface area contributed by atoms with Gasteiger partial charge in [0.05, 0.1) is 11.6 Å². The van der Waals surface area contributed by atoms with Crippen molar-refractivity contribution < 1.29 is 0 Å². The summed E-state index contributed by atoms with van der Waals surface area (Å²) in [6.07, 6.45) is 0. The zero-order valence-corrected chi connectivity index (χ0v) is 11.6. The molecule has 0 atom stereocenters. The van der Waals surface area contributed by atoms with Crippen molar-refractivity contribution in [3.05, 3.63) is 64.2 Å². The minimum Gasteiger partial charge on any atom is -0.381 e. The lowest BCUT2D eigenvalue weighted by molar-refractivity contribution is 1.12. The Labute approximate surface area is 114 Å². The number of benzene rings is 2. The first-order valence-electron chi connectivity index (χ1n) is 6.41. The lowest BCUT2D eigenvalue weighted by Gasteiger charge is -2.11. The first-order chi connectivity index (χ1) is 9.10. The highest BCUT2D eigenvalue weighted by molar-refractivity contribution is 5.55. The molecule has 0 saturated heterocycles. The van der Waals surface area contributed by atoms with Gasteiger partial charge in [0.15, 0.2) is 0 Å². The van der Waals surface area contributed by atoms with Crippen LogP contribution in [0.4, 0.5) is 5.69 Å². The molecule has 0 saturated carbocycles. The first kappa shape index (κ1) is 13.2. The molecule has 0 aliphatic heterocycles. The Hall–Kier alpha value is -2.27. The zero-order valence-electron chi connectivity index (χ0n) is 11.6. The number of nitrogens with zero attached hydrogens (tertiary/aromatic N) is 1. The third kappa shape index (κ3) is 3.14. The molecule has 96 valence electrons. The van der Waals surface area contributed by atoms with Gasteiger partial charge in [-0.1, -0.05) is 24.3 Å². The van der Waals surface area contributed by atoms with Gasteiger partial charge >= 0.3 is 0 Å².